The molecule has 0 spiro atoms. The number of nitrogens with one attached hydrogen (secondary N) is 1. The lowest BCUT2D eigenvalue weighted by molar-refractivity contribution is -0.117. The van der Waals surface area contributed by atoms with Crippen molar-refractivity contribution in [3.05, 3.63) is 53.7 Å². The summed E-state index contributed by atoms with van der Waals surface area (Å²) in [5.74, 6) is 3.24. The van der Waals surface area contributed by atoms with Gasteiger partial charge in [0.1, 0.15) is 5.82 Å². The molecule has 2 fully saturated rings. The monoisotopic (exact) mass is 436 g/mol. The van der Waals surface area contributed by atoms with Crippen LogP contribution in [0.5, 0.6) is 0 Å². The second-order valence-electron chi connectivity index (χ2n) is 7.91. The molecule has 0 saturated carbocycles. The lowest BCUT2D eigenvalue weighted by atomic mass is 10.2. The van der Waals surface area contributed by atoms with Crippen molar-refractivity contribution < 1.29 is 4.79 Å². The highest BCUT2D eigenvalue weighted by molar-refractivity contribution is 7.99. The number of rotatable bonds is 6. The highest BCUT2D eigenvalue weighted by Gasteiger charge is 2.20. The van der Waals surface area contributed by atoms with Crippen molar-refractivity contribution in [2.75, 3.05) is 67.5 Å². The molecule has 1 aromatic heterocycles. The van der Waals surface area contributed by atoms with E-state index < -0.39 is 0 Å². The van der Waals surface area contributed by atoms with Crippen molar-refractivity contribution in [3.63, 3.8) is 0 Å². The number of thioether (sulfide) groups is 1. The largest absolute Gasteiger partial charge is 0.354 e. The lowest BCUT2D eigenvalue weighted by Gasteiger charge is -2.35. The van der Waals surface area contributed by atoms with Gasteiger partial charge in [-0.25, -0.2) is 4.98 Å². The number of amides is 1. The number of carbonyl (C=O) groups is 1. The number of nitrogens with zero attached hydrogens (tertiary/aromatic N) is 5. The van der Waals surface area contributed by atoms with Crippen LogP contribution < -0.4 is 10.2 Å². The highest BCUT2D eigenvalue weighted by Crippen LogP contribution is 2.17. The smallest absolute Gasteiger partial charge is 0.238 e. The van der Waals surface area contributed by atoms with Crippen LogP contribution >= 0.6 is 11.8 Å². The SMILES string of the molecule is N#Cc1ccnc(N2CCN(CC(=O)Nc3cccc(CN4CCSCC4)c3)CC2)c1. The summed E-state index contributed by atoms with van der Waals surface area (Å²) in [6, 6.07) is 13.9. The fraction of sp³-hybridized carbons (Fsp3) is 0.435. The average Bonchev–Trinajstić information content (AvgIpc) is 2.80. The van der Waals surface area contributed by atoms with Gasteiger partial charge in [0.05, 0.1) is 18.2 Å². The Balaban J connectivity index is 1.25. The van der Waals surface area contributed by atoms with Crippen LogP contribution in [0.2, 0.25) is 0 Å². The Morgan fingerprint density at radius 3 is 2.65 bits per heavy atom. The van der Waals surface area contributed by atoms with Gasteiger partial charge in [0.25, 0.3) is 0 Å². The molecule has 31 heavy (non-hydrogen) atoms. The molecule has 0 bridgehead atoms. The Morgan fingerprint density at radius 2 is 1.87 bits per heavy atom. The van der Waals surface area contributed by atoms with Crippen molar-refractivity contribution in [2.45, 2.75) is 6.54 Å². The molecule has 0 aliphatic carbocycles. The van der Waals surface area contributed by atoms with Crippen LogP contribution in [0.4, 0.5) is 11.5 Å². The van der Waals surface area contributed by atoms with Crippen LogP contribution in [0.1, 0.15) is 11.1 Å². The number of aromatic nitrogens is 1. The number of hydrogen-bond acceptors (Lipinski definition) is 7. The molecule has 1 aromatic carbocycles. The van der Waals surface area contributed by atoms with Crippen molar-refractivity contribution in [1.82, 2.24) is 14.8 Å². The number of piperazine rings is 1. The van der Waals surface area contributed by atoms with Crippen molar-refractivity contribution >= 4 is 29.2 Å². The molecular formula is C23H28N6OS. The van der Waals surface area contributed by atoms with E-state index in [1.165, 1.54) is 17.1 Å². The molecule has 0 radical (unpaired) electrons. The normalized spacial score (nSPS) is 17.8. The fourth-order valence-electron chi connectivity index (χ4n) is 3.96. The maximum Gasteiger partial charge on any atom is 0.238 e. The summed E-state index contributed by atoms with van der Waals surface area (Å²) in [6.07, 6.45) is 1.67. The van der Waals surface area contributed by atoms with Gasteiger partial charge >= 0.3 is 0 Å². The Bertz CT molecular complexity index is 932. The molecular weight excluding hydrogens is 408 g/mol. The van der Waals surface area contributed by atoms with Crippen LogP contribution in [0, 0.1) is 11.3 Å². The van der Waals surface area contributed by atoms with Crippen molar-refractivity contribution in [1.29, 1.82) is 5.26 Å². The van der Waals surface area contributed by atoms with Crippen molar-refractivity contribution in [2.24, 2.45) is 0 Å². The molecule has 2 aliphatic rings. The second kappa shape index (κ2) is 10.6. The zero-order valence-electron chi connectivity index (χ0n) is 17.7. The zero-order chi connectivity index (χ0) is 21.5. The Kier molecular flexibility index (Phi) is 7.41. The molecule has 2 aromatic rings. The van der Waals surface area contributed by atoms with E-state index in [2.05, 4.69) is 43.2 Å². The van der Waals surface area contributed by atoms with Gasteiger partial charge in [-0.05, 0) is 29.8 Å². The molecule has 1 N–H and O–H groups in total. The van der Waals surface area contributed by atoms with Gasteiger partial charge in [0.2, 0.25) is 5.91 Å². The van der Waals surface area contributed by atoms with Gasteiger partial charge in [0.15, 0.2) is 0 Å². The minimum Gasteiger partial charge on any atom is -0.354 e. The summed E-state index contributed by atoms with van der Waals surface area (Å²) >= 11 is 2.02. The average molecular weight is 437 g/mol. The maximum atomic E-state index is 12.6. The third kappa shape index (κ3) is 6.20. The second-order valence-corrected chi connectivity index (χ2v) is 9.14. The van der Waals surface area contributed by atoms with Crippen LogP contribution in [-0.4, -0.2) is 78.0 Å². The van der Waals surface area contributed by atoms with E-state index >= 15 is 0 Å². The maximum absolute atomic E-state index is 12.6. The lowest BCUT2D eigenvalue weighted by Crippen LogP contribution is -2.48. The van der Waals surface area contributed by atoms with E-state index in [-0.39, 0.29) is 5.91 Å². The van der Waals surface area contributed by atoms with Gasteiger partial charge in [-0.3, -0.25) is 14.6 Å². The molecule has 8 heteroatoms. The Morgan fingerprint density at radius 1 is 1.06 bits per heavy atom. The summed E-state index contributed by atoms with van der Waals surface area (Å²) < 4.78 is 0. The first-order valence-electron chi connectivity index (χ1n) is 10.7. The van der Waals surface area contributed by atoms with Crippen LogP contribution in [0.3, 0.4) is 0 Å². The summed E-state index contributed by atoms with van der Waals surface area (Å²) in [5.41, 5.74) is 2.73. The van der Waals surface area contributed by atoms with Crippen LogP contribution in [0.25, 0.3) is 0 Å². The standard InChI is InChI=1S/C23H28N6OS/c24-16-19-4-5-25-22(15-19)29-8-6-27(7-9-29)18-23(30)26-21-3-1-2-20(14-21)17-28-10-12-31-13-11-28/h1-5,14-15H,6-13,17-18H2,(H,26,30). The zero-order valence-corrected chi connectivity index (χ0v) is 18.5. The fourth-order valence-corrected chi connectivity index (χ4v) is 4.94. The number of hydrogen-bond donors (Lipinski definition) is 1. The first-order valence-corrected chi connectivity index (χ1v) is 11.9. The molecule has 7 nitrogen and oxygen atoms in total. The third-order valence-electron chi connectivity index (χ3n) is 5.66. The molecule has 4 rings (SSSR count). The van der Waals surface area contributed by atoms with Gasteiger partial charge in [0, 0.05) is 69.2 Å². The van der Waals surface area contributed by atoms with E-state index in [1.807, 2.05) is 30.0 Å². The predicted octanol–water partition coefficient (Wildman–Crippen LogP) is 2.26. The molecule has 0 unspecified atom stereocenters. The van der Waals surface area contributed by atoms with E-state index in [0.29, 0.717) is 12.1 Å². The summed E-state index contributed by atoms with van der Waals surface area (Å²) in [4.78, 5) is 23.8. The number of carbonyl (C=O) groups excluding carboxylic acids is 1. The topological polar surface area (TPSA) is 75.5 Å². The van der Waals surface area contributed by atoms with Gasteiger partial charge in [-0.1, -0.05) is 12.1 Å². The minimum absolute atomic E-state index is 0.0181. The van der Waals surface area contributed by atoms with E-state index in [4.69, 9.17) is 5.26 Å². The third-order valence-corrected chi connectivity index (χ3v) is 6.60. The van der Waals surface area contributed by atoms with E-state index in [1.54, 1.807) is 12.3 Å². The Labute approximate surface area is 188 Å². The minimum atomic E-state index is 0.0181. The number of benzene rings is 1. The first kappa shape index (κ1) is 21.6. The van der Waals surface area contributed by atoms with Gasteiger partial charge < -0.3 is 10.2 Å². The van der Waals surface area contributed by atoms with E-state index in [0.717, 1.165) is 57.3 Å². The van der Waals surface area contributed by atoms with Crippen LogP contribution in [0.15, 0.2) is 42.6 Å². The van der Waals surface area contributed by atoms with Gasteiger partial charge in [-0.2, -0.15) is 17.0 Å². The molecule has 1 amide bonds. The number of pyridine rings is 1. The number of anilines is 2. The molecule has 2 saturated heterocycles. The van der Waals surface area contributed by atoms with Crippen molar-refractivity contribution in [3.8, 4) is 6.07 Å². The Hall–Kier alpha value is -2.60. The quantitative estimate of drug-likeness (QED) is 0.744. The summed E-state index contributed by atoms with van der Waals surface area (Å²) in [5, 5.41) is 12.1. The molecule has 3 heterocycles. The van der Waals surface area contributed by atoms with E-state index in [9.17, 15) is 4.79 Å². The highest BCUT2D eigenvalue weighted by atomic mass is 32.2. The predicted molar refractivity (Wildman–Crippen MR) is 125 cm³/mol. The summed E-state index contributed by atoms with van der Waals surface area (Å²) in [7, 11) is 0. The summed E-state index contributed by atoms with van der Waals surface area (Å²) in [6.45, 7) is 6.74. The first-order chi connectivity index (χ1) is 15.2. The van der Waals surface area contributed by atoms with Crippen LogP contribution in [-0.2, 0) is 11.3 Å². The van der Waals surface area contributed by atoms with Gasteiger partial charge in [-0.15, -0.1) is 0 Å². The molecule has 162 valence electrons. The number of nitriles is 1. The molecule has 0 atom stereocenters. The molecule has 2 aliphatic heterocycles.